The lowest BCUT2D eigenvalue weighted by molar-refractivity contribution is 0.0528. The van der Waals surface area contributed by atoms with Crippen molar-refractivity contribution in [1.29, 1.82) is 0 Å². The summed E-state index contributed by atoms with van der Waals surface area (Å²) < 4.78 is 11.9. The van der Waals surface area contributed by atoms with Gasteiger partial charge in [0.15, 0.2) is 0 Å². The van der Waals surface area contributed by atoms with Crippen LogP contribution in [0.4, 0.5) is 11.5 Å². The molecule has 3 N–H and O–H groups in total. The van der Waals surface area contributed by atoms with Crippen LogP contribution >= 0.6 is 11.3 Å². The number of carbonyl (C=O) groups is 2. The van der Waals surface area contributed by atoms with Gasteiger partial charge in [0, 0.05) is 34.5 Å². The molecule has 0 aliphatic heterocycles. The minimum atomic E-state index is -0.429. The molecule has 2 aromatic carbocycles. The summed E-state index contributed by atoms with van der Waals surface area (Å²) >= 11 is 1.40. The molecule has 1 amide bonds. The molecule has 4 aromatic rings. The first kappa shape index (κ1) is 22.3. The van der Waals surface area contributed by atoms with Gasteiger partial charge in [0.05, 0.1) is 16.9 Å². The summed E-state index contributed by atoms with van der Waals surface area (Å²) in [4.78, 5) is 28.9. The van der Waals surface area contributed by atoms with Crippen molar-refractivity contribution in [2.24, 2.45) is 0 Å². The van der Waals surface area contributed by atoms with Crippen molar-refractivity contribution in [1.82, 2.24) is 4.98 Å². The van der Waals surface area contributed by atoms with Gasteiger partial charge in [-0.15, -0.1) is 11.3 Å². The van der Waals surface area contributed by atoms with E-state index < -0.39 is 5.97 Å². The third-order valence-electron chi connectivity index (χ3n) is 5.06. The standard InChI is InChI=1S/C25H23N3O4S/c1-3-31-25(30)19-12-27-23(26)21-17(14-33-22(19)21)13-32-20-11-18(10-9-15(20)2)28-24(29)16-7-5-4-6-8-16/h4-12,14H,3,13H2,1-2H3,(H2,26,27)(H,28,29). The van der Waals surface area contributed by atoms with Crippen LogP contribution in [0.1, 0.15) is 38.8 Å². The van der Waals surface area contributed by atoms with Crippen LogP contribution in [-0.4, -0.2) is 23.5 Å². The number of esters is 1. The average Bonchev–Trinajstić information content (AvgIpc) is 3.25. The smallest absolute Gasteiger partial charge is 0.341 e. The molecule has 0 aliphatic carbocycles. The van der Waals surface area contributed by atoms with Crippen LogP contribution in [0.5, 0.6) is 5.75 Å². The van der Waals surface area contributed by atoms with E-state index in [1.165, 1.54) is 17.5 Å². The van der Waals surface area contributed by atoms with E-state index in [-0.39, 0.29) is 19.1 Å². The second kappa shape index (κ2) is 9.70. The number of nitrogens with one attached hydrogen (secondary N) is 1. The van der Waals surface area contributed by atoms with Crippen molar-refractivity contribution in [2.45, 2.75) is 20.5 Å². The number of hydrogen-bond acceptors (Lipinski definition) is 7. The molecule has 2 heterocycles. The highest BCUT2D eigenvalue weighted by Crippen LogP contribution is 2.34. The van der Waals surface area contributed by atoms with Crippen molar-refractivity contribution in [3.63, 3.8) is 0 Å². The average molecular weight is 462 g/mol. The number of ether oxygens (including phenoxy) is 2. The number of benzene rings is 2. The second-order valence-corrected chi connectivity index (χ2v) is 8.21. The second-order valence-electron chi connectivity index (χ2n) is 7.33. The van der Waals surface area contributed by atoms with Gasteiger partial charge in [0.1, 0.15) is 18.2 Å². The van der Waals surface area contributed by atoms with Crippen LogP contribution in [-0.2, 0) is 11.3 Å². The van der Waals surface area contributed by atoms with Crippen LogP contribution in [0.2, 0.25) is 0 Å². The summed E-state index contributed by atoms with van der Waals surface area (Å²) in [6, 6.07) is 14.5. The van der Waals surface area contributed by atoms with Gasteiger partial charge in [-0.1, -0.05) is 24.3 Å². The molecule has 0 spiro atoms. The van der Waals surface area contributed by atoms with Crippen LogP contribution < -0.4 is 15.8 Å². The first-order chi connectivity index (χ1) is 16.0. The highest BCUT2D eigenvalue weighted by molar-refractivity contribution is 7.17. The molecule has 0 unspecified atom stereocenters. The Kier molecular flexibility index (Phi) is 6.55. The number of nitrogen functional groups attached to an aromatic ring is 1. The fraction of sp³-hybridized carbons (Fsp3) is 0.160. The van der Waals surface area contributed by atoms with Crippen LogP contribution in [0.15, 0.2) is 60.1 Å². The first-order valence-corrected chi connectivity index (χ1v) is 11.3. The van der Waals surface area contributed by atoms with E-state index in [9.17, 15) is 9.59 Å². The topological polar surface area (TPSA) is 104 Å². The summed E-state index contributed by atoms with van der Waals surface area (Å²) in [5, 5.41) is 5.49. The number of pyridine rings is 1. The Morgan fingerprint density at radius 1 is 1.15 bits per heavy atom. The maximum Gasteiger partial charge on any atom is 0.341 e. The summed E-state index contributed by atoms with van der Waals surface area (Å²) in [6.45, 7) is 4.20. The SMILES string of the molecule is CCOC(=O)c1cnc(N)c2c(COc3cc(NC(=O)c4ccccc4)ccc3C)csc12. The third-order valence-corrected chi connectivity index (χ3v) is 6.12. The quantitative estimate of drug-likeness (QED) is 0.367. The number of anilines is 2. The predicted molar refractivity (Wildman–Crippen MR) is 130 cm³/mol. The molecule has 4 rings (SSSR count). The van der Waals surface area contributed by atoms with Crippen molar-refractivity contribution >= 4 is 44.8 Å². The molecule has 8 heteroatoms. The van der Waals surface area contributed by atoms with Crippen molar-refractivity contribution < 1.29 is 19.1 Å². The van der Waals surface area contributed by atoms with Gasteiger partial charge in [0.2, 0.25) is 0 Å². The monoisotopic (exact) mass is 461 g/mol. The van der Waals surface area contributed by atoms with Crippen LogP contribution in [0, 0.1) is 6.92 Å². The van der Waals surface area contributed by atoms with Gasteiger partial charge in [-0.3, -0.25) is 4.79 Å². The highest BCUT2D eigenvalue weighted by Gasteiger charge is 2.18. The summed E-state index contributed by atoms with van der Waals surface area (Å²) in [7, 11) is 0. The number of nitrogens with zero attached hydrogens (tertiary/aromatic N) is 1. The minimum Gasteiger partial charge on any atom is -0.489 e. The fourth-order valence-electron chi connectivity index (χ4n) is 3.37. The molecule has 7 nitrogen and oxygen atoms in total. The molecule has 0 radical (unpaired) electrons. The summed E-state index contributed by atoms with van der Waals surface area (Å²) in [5.41, 5.74) is 9.46. The highest BCUT2D eigenvalue weighted by atomic mass is 32.1. The molecule has 0 aliphatic rings. The largest absolute Gasteiger partial charge is 0.489 e. The van der Waals surface area contributed by atoms with E-state index in [0.29, 0.717) is 33.8 Å². The van der Waals surface area contributed by atoms with Crippen molar-refractivity contribution in [3.05, 3.63) is 82.4 Å². The maximum absolute atomic E-state index is 12.5. The maximum atomic E-state index is 12.5. The van der Waals surface area contributed by atoms with Gasteiger partial charge in [-0.2, -0.15) is 0 Å². The Morgan fingerprint density at radius 3 is 2.70 bits per heavy atom. The van der Waals surface area contributed by atoms with Gasteiger partial charge < -0.3 is 20.5 Å². The van der Waals surface area contributed by atoms with E-state index in [0.717, 1.165) is 15.8 Å². The van der Waals surface area contributed by atoms with Gasteiger partial charge >= 0.3 is 5.97 Å². The van der Waals surface area contributed by atoms with E-state index in [1.807, 2.05) is 42.6 Å². The van der Waals surface area contributed by atoms with Gasteiger partial charge in [0.25, 0.3) is 5.91 Å². The number of aryl methyl sites for hydroxylation is 1. The predicted octanol–water partition coefficient (Wildman–Crippen LogP) is 5.19. The molecular weight excluding hydrogens is 438 g/mol. The summed E-state index contributed by atoms with van der Waals surface area (Å²) in [6.07, 6.45) is 1.44. The molecular formula is C25H23N3O4S. The molecule has 0 atom stereocenters. The Hall–Kier alpha value is -3.91. The lowest BCUT2D eigenvalue weighted by Gasteiger charge is -2.12. The molecule has 168 valence electrons. The fourth-order valence-corrected chi connectivity index (χ4v) is 4.43. The summed E-state index contributed by atoms with van der Waals surface area (Å²) in [5.74, 6) is 0.341. The lowest BCUT2D eigenvalue weighted by Crippen LogP contribution is -2.11. The number of carbonyl (C=O) groups excluding carboxylic acids is 2. The molecule has 0 saturated heterocycles. The Bertz CT molecular complexity index is 1320. The first-order valence-electron chi connectivity index (χ1n) is 10.4. The number of rotatable bonds is 7. The molecule has 0 fully saturated rings. The van der Waals surface area contributed by atoms with E-state index >= 15 is 0 Å². The van der Waals surface area contributed by atoms with Gasteiger partial charge in [-0.05, 0) is 43.0 Å². The number of amides is 1. The van der Waals surface area contributed by atoms with E-state index in [1.54, 1.807) is 25.1 Å². The minimum absolute atomic E-state index is 0.195. The number of aromatic nitrogens is 1. The van der Waals surface area contributed by atoms with Crippen molar-refractivity contribution in [2.75, 3.05) is 17.7 Å². The number of hydrogen-bond donors (Lipinski definition) is 2. The molecule has 2 aromatic heterocycles. The number of thiophene rings is 1. The van der Waals surface area contributed by atoms with E-state index in [2.05, 4.69) is 10.3 Å². The van der Waals surface area contributed by atoms with Crippen LogP contribution in [0.25, 0.3) is 10.1 Å². The molecule has 0 saturated carbocycles. The van der Waals surface area contributed by atoms with Crippen molar-refractivity contribution in [3.8, 4) is 5.75 Å². The zero-order valence-corrected chi connectivity index (χ0v) is 19.1. The Balaban J connectivity index is 1.55. The zero-order chi connectivity index (χ0) is 23.4. The Labute approximate surface area is 195 Å². The molecule has 0 bridgehead atoms. The normalized spacial score (nSPS) is 10.7. The Morgan fingerprint density at radius 2 is 1.94 bits per heavy atom. The third kappa shape index (κ3) is 4.80. The van der Waals surface area contributed by atoms with Crippen LogP contribution in [0.3, 0.4) is 0 Å². The van der Waals surface area contributed by atoms with Gasteiger partial charge in [-0.25, -0.2) is 9.78 Å². The van der Waals surface area contributed by atoms with E-state index in [4.69, 9.17) is 15.2 Å². The molecule has 33 heavy (non-hydrogen) atoms. The zero-order valence-electron chi connectivity index (χ0n) is 18.3. The lowest BCUT2D eigenvalue weighted by atomic mass is 10.1. The number of fused-ring (bicyclic) bond motifs is 1. The number of nitrogens with two attached hydrogens (primary N) is 1.